The summed E-state index contributed by atoms with van der Waals surface area (Å²) in [6, 6.07) is 26.1. The van der Waals surface area contributed by atoms with Crippen LogP contribution in [-0.4, -0.2) is 11.8 Å². The highest BCUT2D eigenvalue weighted by molar-refractivity contribution is 5.95. The zero-order valence-corrected chi connectivity index (χ0v) is 19.3. The van der Waals surface area contributed by atoms with Crippen LogP contribution in [0, 0.1) is 12.8 Å². The molecule has 1 fully saturated rings. The second-order valence-electron chi connectivity index (χ2n) is 9.00. The molecule has 4 heteroatoms. The predicted octanol–water partition coefficient (Wildman–Crippen LogP) is 5.58. The first-order chi connectivity index (χ1) is 16.1. The van der Waals surface area contributed by atoms with Crippen LogP contribution in [0.4, 0.5) is 5.69 Å². The maximum atomic E-state index is 13.4. The fourth-order valence-corrected chi connectivity index (χ4v) is 4.56. The smallest absolute Gasteiger partial charge is 0.230 e. The molecule has 170 valence electrons. The zero-order chi connectivity index (χ0) is 23.0. The van der Waals surface area contributed by atoms with Gasteiger partial charge in [-0.2, -0.15) is 0 Å². The number of anilines is 1. The van der Waals surface area contributed by atoms with E-state index in [9.17, 15) is 9.59 Å². The van der Waals surface area contributed by atoms with E-state index in [-0.39, 0.29) is 24.2 Å². The molecule has 2 amide bonds. The van der Waals surface area contributed by atoms with E-state index < -0.39 is 0 Å². The Bertz CT molecular complexity index is 1090. The minimum Gasteiger partial charge on any atom is -0.352 e. The van der Waals surface area contributed by atoms with Crippen molar-refractivity contribution in [1.82, 2.24) is 5.32 Å². The largest absolute Gasteiger partial charge is 0.352 e. The lowest BCUT2D eigenvalue weighted by atomic mass is 10.0. The maximum absolute atomic E-state index is 13.4. The van der Waals surface area contributed by atoms with Crippen LogP contribution in [0.1, 0.15) is 47.9 Å². The lowest BCUT2D eigenvalue weighted by molar-refractivity contribution is -0.122. The fourth-order valence-electron chi connectivity index (χ4n) is 4.56. The van der Waals surface area contributed by atoms with Gasteiger partial charge < -0.3 is 10.2 Å². The molecule has 0 bridgehead atoms. The van der Waals surface area contributed by atoms with Crippen LogP contribution in [0.15, 0.2) is 78.9 Å². The lowest BCUT2D eigenvalue weighted by Crippen LogP contribution is -2.35. The highest BCUT2D eigenvalue weighted by Gasteiger charge is 2.28. The van der Waals surface area contributed by atoms with Crippen LogP contribution < -0.4 is 10.2 Å². The Hall–Kier alpha value is -3.40. The summed E-state index contributed by atoms with van der Waals surface area (Å²) in [4.78, 5) is 27.9. The van der Waals surface area contributed by atoms with Crippen LogP contribution in [-0.2, 0) is 29.1 Å². The molecule has 0 aliphatic heterocycles. The minimum atomic E-state index is -0.0228. The summed E-state index contributed by atoms with van der Waals surface area (Å²) in [5.41, 5.74) is 5.14. The van der Waals surface area contributed by atoms with E-state index in [4.69, 9.17) is 0 Å². The Morgan fingerprint density at radius 2 is 1.55 bits per heavy atom. The van der Waals surface area contributed by atoms with E-state index in [1.807, 2.05) is 72.5 Å². The summed E-state index contributed by atoms with van der Waals surface area (Å²) >= 11 is 0. The van der Waals surface area contributed by atoms with Crippen LogP contribution in [0.5, 0.6) is 0 Å². The molecule has 0 atom stereocenters. The van der Waals surface area contributed by atoms with Crippen LogP contribution >= 0.6 is 0 Å². The Morgan fingerprint density at radius 1 is 0.848 bits per heavy atom. The second-order valence-corrected chi connectivity index (χ2v) is 9.00. The first-order valence-corrected chi connectivity index (χ1v) is 11.8. The fraction of sp³-hybridized carbons (Fsp3) is 0.310. The molecule has 1 aliphatic rings. The maximum Gasteiger partial charge on any atom is 0.230 e. The molecule has 0 radical (unpaired) electrons. The molecule has 0 unspecified atom stereocenters. The van der Waals surface area contributed by atoms with Crippen LogP contribution in [0.3, 0.4) is 0 Å². The van der Waals surface area contributed by atoms with Gasteiger partial charge in [-0.05, 0) is 48.6 Å². The lowest BCUT2D eigenvalue weighted by Gasteiger charge is -2.26. The quantitative estimate of drug-likeness (QED) is 0.497. The molecule has 1 saturated carbocycles. The van der Waals surface area contributed by atoms with Gasteiger partial charge in [0.1, 0.15) is 0 Å². The van der Waals surface area contributed by atoms with Crippen molar-refractivity contribution in [2.45, 2.75) is 52.1 Å². The molecule has 1 aliphatic carbocycles. The molecule has 4 rings (SSSR count). The van der Waals surface area contributed by atoms with Crippen LogP contribution in [0.25, 0.3) is 0 Å². The van der Waals surface area contributed by atoms with Crippen molar-refractivity contribution in [3.05, 3.63) is 101 Å². The normalized spacial score (nSPS) is 13.6. The Labute approximate surface area is 196 Å². The standard InChI is InChI=1S/C29H32N2O2/c1-22-9-7-13-25(17-22)20-30-28(32)19-24-12-8-16-27(18-24)31(21-23-10-3-2-4-11-23)29(33)26-14-5-6-15-26/h2-4,7-13,16-18,26H,5-6,14-15,19-21H2,1H3,(H,30,32). The van der Waals surface area contributed by atoms with Gasteiger partial charge in [0.2, 0.25) is 11.8 Å². The first kappa shape index (κ1) is 22.8. The molecule has 33 heavy (non-hydrogen) atoms. The topological polar surface area (TPSA) is 49.4 Å². The van der Waals surface area contributed by atoms with Crippen LogP contribution in [0.2, 0.25) is 0 Å². The van der Waals surface area contributed by atoms with Gasteiger partial charge in [0.05, 0.1) is 13.0 Å². The number of aryl methyl sites for hydroxylation is 1. The Morgan fingerprint density at radius 3 is 2.30 bits per heavy atom. The van der Waals surface area contributed by atoms with Gasteiger partial charge >= 0.3 is 0 Å². The van der Waals surface area contributed by atoms with Gasteiger partial charge in [-0.15, -0.1) is 0 Å². The number of carbonyl (C=O) groups is 2. The number of hydrogen-bond donors (Lipinski definition) is 1. The molecule has 4 nitrogen and oxygen atoms in total. The zero-order valence-electron chi connectivity index (χ0n) is 19.3. The van der Waals surface area contributed by atoms with E-state index in [0.717, 1.165) is 48.1 Å². The van der Waals surface area contributed by atoms with Gasteiger partial charge in [-0.25, -0.2) is 0 Å². The molecule has 0 aromatic heterocycles. The van der Waals surface area contributed by atoms with Crippen molar-refractivity contribution in [3.63, 3.8) is 0 Å². The van der Waals surface area contributed by atoms with Gasteiger partial charge in [-0.3, -0.25) is 9.59 Å². The van der Waals surface area contributed by atoms with Gasteiger partial charge in [0, 0.05) is 18.2 Å². The average molecular weight is 441 g/mol. The number of amides is 2. The van der Waals surface area contributed by atoms with E-state index in [0.29, 0.717) is 13.1 Å². The third kappa shape index (κ3) is 6.32. The average Bonchev–Trinajstić information content (AvgIpc) is 3.37. The minimum absolute atomic E-state index is 0.0228. The van der Waals surface area contributed by atoms with Crippen molar-refractivity contribution in [3.8, 4) is 0 Å². The summed E-state index contributed by atoms with van der Waals surface area (Å²) in [5.74, 6) is 0.262. The third-order valence-electron chi connectivity index (χ3n) is 6.31. The summed E-state index contributed by atoms with van der Waals surface area (Å²) in [6.45, 7) is 3.10. The summed E-state index contributed by atoms with van der Waals surface area (Å²) in [5, 5.41) is 3.01. The molecule has 3 aromatic carbocycles. The van der Waals surface area contributed by atoms with Crippen molar-refractivity contribution >= 4 is 17.5 Å². The number of hydrogen-bond acceptors (Lipinski definition) is 2. The first-order valence-electron chi connectivity index (χ1n) is 11.8. The van der Waals surface area contributed by atoms with E-state index >= 15 is 0 Å². The number of nitrogens with zero attached hydrogens (tertiary/aromatic N) is 1. The van der Waals surface area contributed by atoms with E-state index in [1.165, 1.54) is 5.56 Å². The number of rotatable bonds is 8. The van der Waals surface area contributed by atoms with E-state index in [2.05, 4.69) is 23.5 Å². The van der Waals surface area contributed by atoms with Crippen molar-refractivity contribution in [1.29, 1.82) is 0 Å². The summed E-state index contributed by atoms with van der Waals surface area (Å²) < 4.78 is 0. The predicted molar refractivity (Wildman–Crippen MR) is 133 cm³/mol. The molecular formula is C29H32N2O2. The molecule has 0 spiro atoms. The molecule has 3 aromatic rings. The van der Waals surface area contributed by atoms with Crippen molar-refractivity contribution in [2.75, 3.05) is 4.90 Å². The molecule has 0 heterocycles. The summed E-state index contributed by atoms with van der Waals surface area (Å²) in [7, 11) is 0. The van der Waals surface area contributed by atoms with Gasteiger partial charge in [-0.1, -0.05) is 85.1 Å². The highest BCUT2D eigenvalue weighted by Crippen LogP contribution is 2.30. The number of nitrogens with one attached hydrogen (secondary N) is 1. The molecule has 0 saturated heterocycles. The highest BCUT2D eigenvalue weighted by atomic mass is 16.2. The number of benzene rings is 3. The van der Waals surface area contributed by atoms with Crippen molar-refractivity contribution in [2.24, 2.45) is 5.92 Å². The molecular weight excluding hydrogens is 408 g/mol. The van der Waals surface area contributed by atoms with E-state index in [1.54, 1.807) is 0 Å². The Balaban J connectivity index is 1.47. The second kappa shape index (κ2) is 11.0. The number of carbonyl (C=O) groups excluding carboxylic acids is 2. The van der Waals surface area contributed by atoms with Crippen molar-refractivity contribution < 1.29 is 9.59 Å². The third-order valence-corrected chi connectivity index (χ3v) is 6.31. The monoisotopic (exact) mass is 440 g/mol. The molecule has 1 N–H and O–H groups in total. The Kier molecular flexibility index (Phi) is 7.56. The SMILES string of the molecule is Cc1cccc(CNC(=O)Cc2cccc(N(Cc3ccccc3)C(=O)C3CCCC3)c2)c1. The van der Waals surface area contributed by atoms with Gasteiger partial charge in [0.15, 0.2) is 0 Å². The summed E-state index contributed by atoms with van der Waals surface area (Å²) in [6.07, 6.45) is 4.46. The van der Waals surface area contributed by atoms with Gasteiger partial charge in [0.25, 0.3) is 0 Å².